The van der Waals surface area contributed by atoms with E-state index in [1.165, 1.54) is 22.0 Å². The van der Waals surface area contributed by atoms with Crippen molar-refractivity contribution in [3.8, 4) is 6.07 Å². The van der Waals surface area contributed by atoms with Crippen LogP contribution in [0.15, 0.2) is 24.4 Å². The van der Waals surface area contributed by atoms with Gasteiger partial charge in [-0.15, -0.1) is 0 Å². The number of nitrogens with one attached hydrogen (secondary N) is 1. The Bertz CT molecular complexity index is 694. The largest absolute Gasteiger partial charge is 0.361 e. The average molecular weight is 265 g/mol. The molecule has 1 saturated heterocycles. The molecule has 102 valence electrons. The monoisotopic (exact) mass is 265 g/mol. The molecule has 0 saturated carbocycles. The average Bonchev–Trinajstić information content (AvgIpc) is 2.86. The van der Waals surface area contributed by atoms with E-state index in [9.17, 15) is 0 Å². The minimum absolute atomic E-state index is 0.516. The molecule has 3 heteroatoms. The highest BCUT2D eigenvalue weighted by Gasteiger charge is 2.39. The van der Waals surface area contributed by atoms with Gasteiger partial charge in [-0.05, 0) is 43.0 Å². The first-order chi connectivity index (χ1) is 9.78. The summed E-state index contributed by atoms with van der Waals surface area (Å²) in [6.45, 7) is 1.06. The van der Waals surface area contributed by atoms with E-state index in [1.807, 2.05) is 0 Å². The van der Waals surface area contributed by atoms with Crippen molar-refractivity contribution in [2.75, 3.05) is 13.6 Å². The topological polar surface area (TPSA) is 42.8 Å². The summed E-state index contributed by atoms with van der Waals surface area (Å²) in [5.74, 6) is 1.10. The molecule has 1 aromatic carbocycles. The number of benzene rings is 1. The van der Waals surface area contributed by atoms with E-state index >= 15 is 0 Å². The molecule has 2 heterocycles. The Morgan fingerprint density at radius 3 is 3.20 bits per heavy atom. The highest BCUT2D eigenvalue weighted by atomic mass is 15.1. The Kier molecular flexibility index (Phi) is 2.61. The maximum Gasteiger partial charge on any atom is 0.0625 e. The fourth-order valence-corrected chi connectivity index (χ4v) is 4.33. The first kappa shape index (κ1) is 12.0. The molecule has 1 fully saturated rings. The molecule has 1 aliphatic heterocycles. The van der Waals surface area contributed by atoms with Crippen molar-refractivity contribution in [1.29, 1.82) is 5.26 Å². The number of hydrogen-bond donors (Lipinski definition) is 1. The van der Waals surface area contributed by atoms with Crippen LogP contribution in [0.1, 0.15) is 29.9 Å². The number of H-pyrrole nitrogens is 1. The molecule has 0 amide bonds. The second-order valence-corrected chi connectivity index (χ2v) is 6.37. The molecule has 1 aromatic heterocycles. The number of nitrogens with zero attached hydrogens (tertiary/aromatic N) is 2. The van der Waals surface area contributed by atoms with Crippen molar-refractivity contribution >= 4 is 10.9 Å². The predicted molar refractivity (Wildman–Crippen MR) is 79.5 cm³/mol. The number of nitriles is 1. The zero-order valence-corrected chi connectivity index (χ0v) is 11.8. The van der Waals surface area contributed by atoms with Gasteiger partial charge in [0.25, 0.3) is 0 Å². The van der Waals surface area contributed by atoms with Crippen LogP contribution in [0.5, 0.6) is 0 Å². The predicted octanol–water partition coefficient (Wildman–Crippen LogP) is 3.04. The minimum atomic E-state index is 0.516. The van der Waals surface area contributed by atoms with Gasteiger partial charge in [0.2, 0.25) is 0 Å². The van der Waals surface area contributed by atoms with Crippen LogP contribution in [0.3, 0.4) is 0 Å². The first-order valence-electron chi connectivity index (χ1n) is 7.44. The van der Waals surface area contributed by atoms with E-state index in [2.05, 4.69) is 47.4 Å². The lowest BCUT2D eigenvalue weighted by molar-refractivity contribution is 0.113. The van der Waals surface area contributed by atoms with Gasteiger partial charge in [-0.25, -0.2) is 0 Å². The van der Waals surface area contributed by atoms with Crippen LogP contribution in [0.25, 0.3) is 10.9 Å². The van der Waals surface area contributed by atoms with E-state index in [0.717, 1.165) is 19.4 Å². The van der Waals surface area contributed by atoms with Crippen LogP contribution in [0.4, 0.5) is 0 Å². The quantitative estimate of drug-likeness (QED) is 0.861. The van der Waals surface area contributed by atoms with Crippen LogP contribution in [-0.4, -0.2) is 29.5 Å². The summed E-state index contributed by atoms with van der Waals surface area (Å²) in [4.78, 5) is 5.89. The lowest BCUT2D eigenvalue weighted by Crippen LogP contribution is -2.47. The van der Waals surface area contributed by atoms with Crippen LogP contribution < -0.4 is 0 Å². The van der Waals surface area contributed by atoms with Crippen LogP contribution in [0.2, 0.25) is 0 Å². The van der Waals surface area contributed by atoms with E-state index in [-0.39, 0.29) is 0 Å². The second kappa shape index (κ2) is 4.36. The van der Waals surface area contributed by atoms with Crippen molar-refractivity contribution in [3.05, 3.63) is 35.5 Å². The highest BCUT2D eigenvalue weighted by molar-refractivity contribution is 5.88. The van der Waals surface area contributed by atoms with Crippen LogP contribution in [-0.2, 0) is 6.42 Å². The van der Waals surface area contributed by atoms with E-state index in [4.69, 9.17) is 5.26 Å². The summed E-state index contributed by atoms with van der Waals surface area (Å²) >= 11 is 0. The maximum absolute atomic E-state index is 9.00. The lowest BCUT2D eigenvalue weighted by atomic mass is 9.72. The molecule has 1 unspecified atom stereocenters. The number of likely N-dealkylation sites (tertiary alicyclic amines) is 1. The van der Waals surface area contributed by atoms with Gasteiger partial charge in [0.1, 0.15) is 0 Å². The van der Waals surface area contributed by atoms with Gasteiger partial charge in [0.05, 0.1) is 6.07 Å². The van der Waals surface area contributed by atoms with Crippen molar-refractivity contribution in [1.82, 2.24) is 9.88 Å². The summed E-state index contributed by atoms with van der Waals surface area (Å²) in [7, 11) is 2.22. The van der Waals surface area contributed by atoms with Crippen LogP contribution in [0, 0.1) is 17.2 Å². The number of fused-ring (bicyclic) bond motifs is 2. The molecule has 2 aromatic rings. The van der Waals surface area contributed by atoms with Gasteiger partial charge in [-0.2, -0.15) is 5.26 Å². The Morgan fingerprint density at radius 1 is 1.45 bits per heavy atom. The molecule has 1 aliphatic carbocycles. The van der Waals surface area contributed by atoms with Gasteiger partial charge in [0.15, 0.2) is 0 Å². The standard InChI is InChI=1S/C17H19N3/c1-20-10-11(5-6-18)7-14-13-3-2-4-15-17(13)12(9-19-15)8-16(14)20/h2-4,9,11,14,16,19H,5,7-8,10H2,1H3/t11-,14?,16-/m0/s1. The number of likely N-dealkylation sites (N-methyl/N-ethyl adjacent to an activating group) is 1. The van der Waals surface area contributed by atoms with E-state index in [1.54, 1.807) is 0 Å². The van der Waals surface area contributed by atoms with Gasteiger partial charge < -0.3 is 9.88 Å². The SMILES string of the molecule is CN1C[C@@H](CC#N)CC2c3cccc4[nH]cc(c34)C[C@@H]21. The molecule has 3 nitrogen and oxygen atoms in total. The van der Waals surface area contributed by atoms with Gasteiger partial charge in [-0.3, -0.25) is 0 Å². The number of rotatable bonds is 1. The molecule has 4 rings (SSSR count). The summed E-state index contributed by atoms with van der Waals surface area (Å²) in [5, 5.41) is 10.4. The molecule has 0 bridgehead atoms. The Morgan fingerprint density at radius 2 is 2.35 bits per heavy atom. The number of aromatic amines is 1. The third kappa shape index (κ3) is 1.61. The second-order valence-electron chi connectivity index (χ2n) is 6.37. The lowest BCUT2D eigenvalue weighted by Gasteiger charge is -2.45. The van der Waals surface area contributed by atoms with Crippen LogP contribution >= 0.6 is 0 Å². The summed E-state index contributed by atoms with van der Waals surface area (Å²) in [6, 6.07) is 9.58. The van der Waals surface area contributed by atoms with Gasteiger partial charge >= 0.3 is 0 Å². The number of aromatic nitrogens is 1. The first-order valence-corrected chi connectivity index (χ1v) is 7.44. The van der Waals surface area contributed by atoms with Crippen molar-refractivity contribution in [3.63, 3.8) is 0 Å². The molecule has 0 spiro atoms. The smallest absolute Gasteiger partial charge is 0.0625 e. The summed E-state index contributed by atoms with van der Waals surface area (Å²) in [6.07, 6.45) is 5.16. The molecule has 20 heavy (non-hydrogen) atoms. The number of hydrogen-bond acceptors (Lipinski definition) is 2. The van der Waals surface area contributed by atoms with Crippen molar-refractivity contribution in [2.24, 2.45) is 5.92 Å². The molecule has 3 atom stereocenters. The minimum Gasteiger partial charge on any atom is -0.361 e. The molecular formula is C17H19N3. The van der Waals surface area contributed by atoms with E-state index in [0.29, 0.717) is 24.3 Å². The maximum atomic E-state index is 9.00. The van der Waals surface area contributed by atoms with Gasteiger partial charge in [0, 0.05) is 42.0 Å². The zero-order chi connectivity index (χ0) is 13.7. The number of piperidine rings is 1. The normalized spacial score (nSPS) is 29.1. The molecule has 2 aliphatic rings. The molecule has 1 N–H and O–H groups in total. The Hall–Kier alpha value is -1.79. The van der Waals surface area contributed by atoms with Crippen molar-refractivity contribution in [2.45, 2.75) is 31.2 Å². The van der Waals surface area contributed by atoms with Gasteiger partial charge in [-0.1, -0.05) is 12.1 Å². The third-order valence-corrected chi connectivity index (χ3v) is 5.19. The fourth-order valence-electron chi connectivity index (χ4n) is 4.33. The molecular weight excluding hydrogens is 246 g/mol. The Balaban J connectivity index is 1.81. The summed E-state index contributed by atoms with van der Waals surface area (Å²) < 4.78 is 0. The molecule has 0 radical (unpaired) electrons. The fraction of sp³-hybridized carbons (Fsp3) is 0.471. The Labute approximate surface area is 119 Å². The highest BCUT2D eigenvalue weighted by Crippen LogP contribution is 2.44. The third-order valence-electron chi connectivity index (χ3n) is 5.19. The van der Waals surface area contributed by atoms with Crippen molar-refractivity contribution < 1.29 is 0 Å². The zero-order valence-electron chi connectivity index (χ0n) is 11.8. The summed E-state index contributed by atoms with van der Waals surface area (Å²) in [5.41, 5.74) is 4.22. The van der Waals surface area contributed by atoms with E-state index < -0.39 is 0 Å².